The second-order valence-corrected chi connectivity index (χ2v) is 7.06. The molecule has 7 heteroatoms. The first-order valence-electron chi connectivity index (χ1n) is 8.81. The van der Waals surface area contributed by atoms with Crippen LogP contribution in [-0.2, 0) is 0 Å². The third-order valence-electron chi connectivity index (χ3n) is 4.98. The fourth-order valence-electron chi connectivity index (χ4n) is 3.42. The van der Waals surface area contributed by atoms with Gasteiger partial charge in [-0.1, -0.05) is 25.7 Å². The maximum Gasteiger partial charge on any atom is 0.458 e. The van der Waals surface area contributed by atoms with Crippen LogP contribution in [0.2, 0.25) is 0 Å². The van der Waals surface area contributed by atoms with Gasteiger partial charge in [-0.05, 0) is 42.4 Å². The molecule has 0 saturated heterocycles. The molecule has 1 atom stereocenters. The van der Waals surface area contributed by atoms with Crippen molar-refractivity contribution in [2.24, 2.45) is 16.8 Å². The number of alkyl halides is 3. The molecule has 2 nitrogen and oxygen atoms in total. The van der Waals surface area contributed by atoms with Crippen LogP contribution in [0.4, 0.5) is 22.0 Å². The SMILES string of the molecule is CC1CCC(C2=CNC(c3cc(F)c(C#CC(F)(F)F)c(F)c3)N=C2)CC1. The Morgan fingerprint density at radius 2 is 1.70 bits per heavy atom. The van der Waals surface area contributed by atoms with E-state index in [-0.39, 0.29) is 5.56 Å². The molecule has 1 saturated carbocycles. The van der Waals surface area contributed by atoms with Crippen molar-refractivity contribution in [3.8, 4) is 11.8 Å². The van der Waals surface area contributed by atoms with Crippen molar-refractivity contribution >= 4 is 6.21 Å². The summed E-state index contributed by atoms with van der Waals surface area (Å²) in [7, 11) is 0. The van der Waals surface area contributed by atoms with Gasteiger partial charge < -0.3 is 5.32 Å². The van der Waals surface area contributed by atoms with Gasteiger partial charge in [0.1, 0.15) is 17.8 Å². The molecule has 2 aliphatic rings. The van der Waals surface area contributed by atoms with Gasteiger partial charge in [0.2, 0.25) is 0 Å². The summed E-state index contributed by atoms with van der Waals surface area (Å²) in [5.74, 6) is 1.25. The zero-order valence-corrected chi connectivity index (χ0v) is 14.7. The molecule has 0 aromatic heterocycles. The predicted octanol–water partition coefficient (Wildman–Crippen LogP) is 5.26. The maximum absolute atomic E-state index is 14.0. The number of hydrogen-bond acceptors (Lipinski definition) is 2. The number of hydrogen-bond donors (Lipinski definition) is 1. The van der Waals surface area contributed by atoms with Gasteiger partial charge >= 0.3 is 6.18 Å². The third-order valence-corrected chi connectivity index (χ3v) is 4.98. The molecule has 0 radical (unpaired) electrons. The van der Waals surface area contributed by atoms with Crippen LogP contribution in [0.3, 0.4) is 0 Å². The fourth-order valence-corrected chi connectivity index (χ4v) is 3.42. The minimum absolute atomic E-state index is 0.186. The molecule has 1 fully saturated rings. The highest BCUT2D eigenvalue weighted by atomic mass is 19.4. The van der Waals surface area contributed by atoms with Gasteiger partial charge in [-0.15, -0.1) is 0 Å². The average Bonchev–Trinajstić information content (AvgIpc) is 2.61. The fraction of sp³-hybridized carbons (Fsp3) is 0.450. The van der Waals surface area contributed by atoms with Crippen molar-refractivity contribution in [3.05, 3.63) is 46.7 Å². The predicted molar refractivity (Wildman–Crippen MR) is 92.9 cm³/mol. The Morgan fingerprint density at radius 1 is 1.07 bits per heavy atom. The largest absolute Gasteiger partial charge is 0.458 e. The van der Waals surface area contributed by atoms with E-state index in [1.54, 1.807) is 6.21 Å². The molecule has 0 bridgehead atoms. The molecule has 27 heavy (non-hydrogen) atoms. The van der Waals surface area contributed by atoms with Crippen LogP contribution in [0.1, 0.15) is 49.9 Å². The number of rotatable bonds is 2. The Labute approximate surface area is 154 Å². The number of halogens is 5. The first-order chi connectivity index (χ1) is 12.7. The van der Waals surface area contributed by atoms with E-state index in [1.165, 1.54) is 5.92 Å². The van der Waals surface area contributed by atoms with Crippen molar-refractivity contribution in [2.75, 3.05) is 0 Å². The Bertz CT molecular complexity index is 798. The van der Waals surface area contributed by atoms with Gasteiger partial charge in [0.15, 0.2) is 0 Å². The lowest BCUT2D eigenvalue weighted by atomic mass is 9.79. The van der Waals surface area contributed by atoms with E-state index in [0.717, 1.165) is 55.2 Å². The van der Waals surface area contributed by atoms with Crippen LogP contribution in [0.15, 0.2) is 28.9 Å². The van der Waals surface area contributed by atoms with Crippen LogP contribution >= 0.6 is 0 Å². The zero-order chi connectivity index (χ0) is 19.6. The van der Waals surface area contributed by atoms with Gasteiger partial charge in [-0.2, -0.15) is 13.2 Å². The molecular formula is C20H19F5N2. The number of aliphatic imine (C=N–C) groups is 1. The first-order valence-corrected chi connectivity index (χ1v) is 8.81. The second-order valence-electron chi connectivity index (χ2n) is 7.06. The first kappa shape index (κ1) is 19.4. The molecule has 1 aromatic carbocycles. The van der Waals surface area contributed by atoms with E-state index in [2.05, 4.69) is 17.2 Å². The minimum atomic E-state index is -4.81. The highest BCUT2D eigenvalue weighted by Gasteiger charge is 2.25. The standard InChI is InChI=1S/C20H19F5N2/c1-12-2-4-13(5-3-12)15-10-26-19(27-11-15)14-8-17(21)16(18(22)9-14)6-7-20(23,24)25/h8-13,19,26H,2-5H2,1H3. The van der Waals surface area contributed by atoms with Crippen molar-refractivity contribution in [1.29, 1.82) is 0 Å². The van der Waals surface area contributed by atoms with Crippen LogP contribution in [0.25, 0.3) is 0 Å². The van der Waals surface area contributed by atoms with E-state index in [9.17, 15) is 22.0 Å². The average molecular weight is 382 g/mol. The van der Waals surface area contributed by atoms with E-state index < -0.39 is 29.5 Å². The highest BCUT2D eigenvalue weighted by molar-refractivity contribution is 5.80. The summed E-state index contributed by atoms with van der Waals surface area (Å²) in [6.45, 7) is 2.24. The summed E-state index contributed by atoms with van der Waals surface area (Å²) in [6, 6.07) is 1.92. The molecule has 1 unspecified atom stereocenters. The molecule has 0 amide bonds. The Morgan fingerprint density at radius 3 is 2.22 bits per heavy atom. The lowest BCUT2D eigenvalue weighted by molar-refractivity contribution is -0.0696. The molecule has 0 spiro atoms. The van der Waals surface area contributed by atoms with Gasteiger partial charge in [0.25, 0.3) is 0 Å². The molecule has 1 aromatic rings. The van der Waals surface area contributed by atoms with Crippen LogP contribution in [0, 0.1) is 35.3 Å². The monoisotopic (exact) mass is 382 g/mol. The molecule has 144 valence electrons. The topological polar surface area (TPSA) is 24.4 Å². The van der Waals surface area contributed by atoms with Gasteiger partial charge in [0.05, 0.1) is 5.56 Å². The van der Waals surface area contributed by atoms with Gasteiger partial charge in [-0.25, -0.2) is 8.78 Å². The van der Waals surface area contributed by atoms with Gasteiger partial charge in [-0.3, -0.25) is 4.99 Å². The minimum Gasteiger partial charge on any atom is -0.366 e. The van der Waals surface area contributed by atoms with E-state index in [0.29, 0.717) is 5.92 Å². The number of nitrogens with one attached hydrogen (secondary N) is 1. The Hall–Kier alpha value is -2.36. The van der Waals surface area contributed by atoms with Crippen LogP contribution in [0.5, 0.6) is 0 Å². The normalized spacial score (nSPS) is 25.3. The Kier molecular flexibility index (Phi) is 5.54. The van der Waals surface area contributed by atoms with Crippen molar-refractivity contribution in [2.45, 2.75) is 44.9 Å². The summed E-state index contributed by atoms with van der Waals surface area (Å²) < 4.78 is 64.5. The van der Waals surface area contributed by atoms with E-state index in [4.69, 9.17) is 0 Å². The third kappa shape index (κ3) is 4.88. The quantitative estimate of drug-likeness (QED) is 0.548. The van der Waals surface area contributed by atoms with Crippen molar-refractivity contribution in [3.63, 3.8) is 0 Å². The molecule has 1 heterocycles. The lowest BCUT2D eigenvalue weighted by Crippen LogP contribution is -2.23. The summed E-state index contributed by atoms with van der Waals surface area (Å²) in [5, 5.41) is 3.01. The lowest BCUT2D eigenvalue weighted by Gasteiger charge is -2.29. The number of nitrogens with zero attached hydrogens (tertiary/aromatic N) is 1. The Balaban J connectivity index is 1.73. The van der Waals surface area contributed by atoms with E-state index in [1.807, 2.05) is 6.20 Å². The second kappa shape index (κ2) is 7.71. The summed E-state index contributed by atoms with van der Waals surface area (Å²) in [6.07, 6.45) is 2.52. The van der Waals surface area contributed by atoms with Gasteiger partial charge in [0, 0.05) is 23.9 Å². The van der Waals surface area contributed by atoms with Crippen LogP contribution < -0.4 is 5.32 Å². The molecule has 3 rings (SSSR count). The molecule has 1 aliphatic carbocycles. The summed E-state index contributed by atoms with van der Waals surface area (Å²) >= 11 is 0. The molecule has 1 aliphatic heterocycles. The van der Waals surface area contributed by atoms with Crippen LogP contribution in [-0.4, -0.2) is 12.4 Å². The van der Waals surface area contributed by atoms with Crippen molar-refractivity contribution < 1.29 is 22.0 Å². The molecular weight excluding hydrogens is 363 g/mol. The zero-order valence-electron chi connectivity index (χ0n) is 14.7. The summed E-state index contributed by atoms with van der Waals surface area (Å²) in [4.78, 5) is 4.32. The summed E-state index contributed by atoms with van der Waals surface area (Å²) in [5.41, 5.74) is 0.349. The van der Waals surface area contributed by atoms with Crippen molar-refractivity contribution in [1.82, 2.24) is 5.32 Å². The molecule has 1 N–H and O–H groups in total. The smallest absolute Gasteiger partial charge is 0.366 e. The maximum atomic E-state index is 14.0. The van der Waals surface area contributed by atoms with E-state index >= 15 is 0 Å². The highest BCUT2D eigenvalue weighted by Crippen LogP contribution is 2.33. The number of benzene rings is 1. The number of allylic oxidation sites excluding steroid dienone is 1.